The predicted molar refractivity (Wildman–Crippen MR) is 157 cm³/mol. The number of unbranched alkanes of at least 4 members (excludes halogenated alkanes) is 1. The van der Waals surface area contributed by atoms with Crippen molar-refractivity contribution in [1.82, 2.24) is 9.55 Å². The lowest BCUT2D eigenvalue weighted by molar-refractivity contribution is 0.100. The molecule has 1 aliphatic rings. The summed E-state index contributed by atoms with van der Waals surface area (Å²) < 4.78 is 43.0. The highest BCUT2D eigenvalue weighted by Gasteiger charge is 2.39. The van der Waals surface area contributed by atoms with E-state index in [-0.39, 0.29) is 22.2 Å². The zero-order valence-corrected chi connectivity index (χ0v) is 24.1. The van der Waals surface area contributed by atoms with Gasteiger partial charge in [0.05, 0.1) is 22.6 Å². The van der Waals surface area contributed by atoms with Crippen molar-refractivity contribution in [1.29, 1.82) is 5.26 Å². The second kappa shape index (κ2) is 11.8. The van der Waals surface area contributed by atoms with Gasteiger partial charge in [0.2, 0.25) is 21.6 Å². The molecular formula is C32H29FN4O5S. The Bertz CT molecular complexity index is 1930. The zero-order valence-electron chi connectivity index (χ0n) is 23.3. The van der Waals surface area contributed by atoms with E-state index in [0.717, 1.165) is 31.4 Å². The van der Waals surface area contributed by atoms with Crippen molar-refractivity contribution < 1.29 is 22.7 Å². The van der Waals surface area contributed by atoms with Crippen LogP contribution in [0.4, 0.5) is 4.39 Å². The quantitative estimate of drug-likeness (QED) is 0.262. The molecule has 11 heteroatoms. The number of nitrogens with two attached hydrogens (primary N) is 1. The fraction of sp³-hybridized carbons (Fsp3) is 0.250. The van der Waals surface area contributed by atoms with Crippen LogP contribution < -0.4 is 11.3 Å². The molecule has 0 bridgehead atoms. The van der Waals surface area contributed by atoms with E-state index in [2.05, 4.69) is 11.1 Å². The molecule has 1 saturated carbocycles. The van der Waals surface area contributed by atoms with Crippen LogP contribution in [0.15, 0.2) is 81.3 Å². The number of aromatic nitrogens is 2. The maximum atomic E-state index is 13.9. The van der Waals surface area contributed by atoms with E-state index >= 15 is 0 Å². The van der Waals surface area contributed by atoms with Crippen molar-refractivity contribution in [3.63, 3.8) is 0 Å². The minimum Gasteiger partial charge on any atom is -0.493 e. The summed E-state index contributed by atoms with van der Waals surface area (Å²) in [6, 6.07) is 17.3. The fourth-order valence-electron chi connectivity index (χ4n) is 5.33. The lowest BCUT2D eigenvalue weighted by atomic mass is 9.99. The zero-order chi connectivity index (χ0) is 30.9. The SMILES string of the molecule is CCCCc1nc(=O)c(S(=O)(=O)c2ccc(-c3ccc(F)cc3C(N)=O)cc2)c(O)n1C(c1cccc(C#N)c1)C1CC1. The van der Waals surface area contributed by atoms with Gasteiger partial charge in [-0.15, -0.1) is 0 Å². The summed E-state index contributed by atoms with van der Waals surface area (Å²) in [6.45, 7) is 1.97. The van der Waals surface area contributed by atoms with E-state index < -0.39 is 43.9 Å². The molecule has 220 valence electrons. The van der Waals surface area contributed by atoms with Gasteiger partial charge in [0.15, 0.2) is 4.90 Å². The minimum absolute atomic E-state index is 0.0505. The highest BCUT2D eigenvalue weighted by molar-refractivity contribution is 7.91. The van der Waals surface area contributed by atoms with Crippen molar-refractivity contribution in [2.45, 2.75) is 54.9 Å². The maximum absolute atomic E-state index is 13.9. The van der Waals surface area contributed by atoms with Crippen LogP contribution in [0.1, 0.15) is 66.0 Å². The van der Waals surface area contributed by atoms with Gasteiger partial charge >= 0.3 is 0 Å². The van der Waals surface area contributed by atoms with Gasteiger partial charge in [0.1, 0.15) is 11.6 Å². The van der Waals surface area contributed by atoms with Crippen LogP contribution >= 0.6 is 0 Å². The van der Waals surface area contributed by atoms with Crippen molar-refractivity contribution in [2.24, 2.45) is 11.7 Å². The molecule has 1 amide bonds. The summed E-state index contributed by atoms with van der Waals surface area (Å²) in [4.78, 5) is 28.2. The van der Waals surface area contributed by atoms with Gasteiger partial charge in [-0.05, 0) is 78.3 Å². The molecule has 3 aromatic carbocycles. The number of primary amides is 1. The average Bonchev–Trinajstić information content (AvgIpc) is 3.83. The largest absolute Gasteiger partial charge is 0.493 e. The first-order valence-corrected chi connectivity index (χ1v) is 15.3. The highest BCUT2D eigenvalue weighted by Crippen LogP contribution is 2.46. The fourth-order valence-corrected chi connectivity index (χ4v) is 6.67. The number of carbonyl (C=O) groups is 1. The summed E-state index contributed by atoms with van der Waals surface area (Å²) in [7, 11) is -4.58. The normalized spacial score (nSPS) is 13.8. The number of halogens is 1. The summed E-state index contributed by atoms with van der Waals surface area (Å²) >= 11 is 0. The number of hydrogen-bond acceptors (Lipinski definition) is 7. The number of benzene rings is 3. The first-order chi connectivity index (χ1) is 20.6. The maximum Gasteiger partial charge on any atom is 0.296 e. The van der Waals surface area contributed by atoms with Crippen molar-refractivity contribution in [2.75, 3.05) is 0 Å². The van der Waals surface area contributed by atoms with Crippen molar-refractivity contribution in [3.8, 4) is 23.1 Å². The number of nitriles is 1. The second-order valence-electron chi connectivity index (χ2n) is 10.6. The Kier molecular flexibility index (Phi) is 8.15. The van der Waals surface area contributed by atoms with Crippen LogP contribution in [0.5, 0.6) is 5.88 Å². The molecule has 0 radical (unpaired) electrons. The van der Waals surface area contributed by atoms with Crippen LogP contribution in [0.3, 0.4) is 0 Å². The number of amides is 1. The molecular weight excluding hydrogens is 571 g/mol. The molecule has 9 nitrogen and oxygen atoms in total. The smallest absolute Gasteiger partial charge is 0.296 e. The third kappa shape index (κ3) is 5.79. The Balaban J connectivity index is 1.65. The Labute approximate surface area is 248 Å². The molecule has 1 heterocycles. The Hall–Kier alpha value is -4.82. The third-order valence-electron chi connectivity index (χ3n) is 7.58. The highest BCUT2D eigenvalue weighted by atomic mass is 32.2. The van der Waals surface area contributed by atoms with Gasteiger partial charge in [-0.2, -0.15) is 10.2 Å². The molecule has 4 aromatic rings. The topological polar surface area (TPSA) is 156 Å². The molecule has 43 heavy (non-hydrogen) atoms. The second-order valence-corrected chi connectivity index (χ2v) is 12.4. The number of aryl methyl sites for hydroxylation is 1. The van der Waals surface area contributed by atoms with Crippen molar-refractivity contribution in [3.05, 3.63) is 105 Å². The lowest BCUT2D eigenvalue weighted by Crippen LogP contribution is -2.28. The average molecular weight is 601 g/mol. The van der Waals surface area contributed by atoms with Gasteiger partial charge < -0.3 is 10.8 Å². The van der Waals surface area contributed by atoms with Gasteiger partial charge in [0, 0.05) is 12.0 Å². The van der Waals surface area contributed by atoms with Gasteiger partial charge in [0.25, 0.3) is 5.56 Å². The number of sulfone groups is 1. The van der Waals surface area contributed by atoms with Crippen molar-refractivity contribution >= 4 is 15.7 Å². The van der Waals surface area contributed by atoms with E-state index in [4.69, 9.17) is 5.73 Å². The molecule has 0 saturated heterocycles. The van der Waals surface area contributed by atoms with E-state index in [1.54, 1.807) is 18.2 Å². The van der Waals surface area contributed by atoms with Gasteiger partial charge in [-0.25, -0.2) is 12.8 Å². The van der Waals surface area contributed by atoms with Gasteiger partial charge in [-0.3, -0.25) is 14.2 Å². The summed E-state index contributed by atoms with van der Waals surface area (Å²) in [5, 5.41) is 21.1. The van der Waals surface area contributed by atoms with Crippen LogP contribution in [-0.4, -0.2) is 29.0 Å². The number of aromatic hydroxyl groups is 1. The van der Waals surface area contributed by atoms with E-state index in [1.165, 1.54) is 34.9 Å². The lowest BCUT2D eigenvalue weighted by Gasteiger charge is -2.26. The van der Waals surface area contributed by atoms with E-state index in [0.29, 0.717) is 35.1 Å². The van der Waals surface area contributed by atoms with Gasteiger partial charge in [-0.1, -0.05) is 43.7 Å². The Morgan fingerprint density at radius 3 is 2.51 bits per heavy atom. The summed E-state index contributed by atoms with van der Waals surface area (Å²) in [6.07, 6.45) is 3.43. The Morgan fingerprint density at radius 1 is 1.16 bits per heavy atom. The first kappa shape index (κ1) is 29.7. The molecule has 1 aromatic heterocycles. The van der Waals surface area contributed by atoms with E-state index in [9.17, 15) is 32.8 Å². The standard InChI is InChI=1S/C32H29FN4O5S/c1-2-3-7-27-36-31(39)29(32(40)37(27)28(21-8-9-21)22-6-4-5-19(16-22)18-34)43(41,42)24-13-10-20(11-14-24)25-15-12-23(33)17-26(25)30(35)38/h4-6,10-17,21,28,40H,2-3,7-9H2,1H3,(H2,35,38). The molecule has 1 fully saturated rings. The first-order valence-electron chi connectivity index (χ1n) is 13.9. The number of hydrogen-bond donors (Lipinski definition) is 2. The molecule has 0 spiro atoms. The third-order valence-corrected chi connectivity index (χ3v) is 9.37. The Morgan fingerprint density at radius 2 is 1.88 bits per heavy atom. The van der Waals surface area contributed by atoms with Crippen LogP contribution in [0.25, 0.3) is 11.1 Å². The predicted octanol–water partition coefficient (Wildman–Crippen LogP) is 4.90. The van der Waals surface area contributed by atoms with E-state index in [1.807, 2.05) is 13.0 Å². The molecule has 5 rings (SSSR count). The molecule has 1 atom stereocenters. The number of nitrogens with zero attached hydrogens (tertiary/aromatic N) is 3. The van der Waals surface area contributed by atoms with Crippen LogP contribution in [0.2, 0.25) is 0 Å². The molecule has 1 unspecified atom stereocenters. The number of carbonyl (C=O) groups excluding carboxylic acids is 1. The molecule has 3 N–H and O–H groups in total. The van der Waals surface area contributed by atoms with Crippen LogP contribution in [0, 0.1) is 23.1 Å². The van der Waals surface area contributed by atoms with Crippen LogP contribution in [-0.2, 0) is 16.3 Å². The molecule has 0 aliphatic heterocycles. The monoisotopic (exact) mass is 600 g/mol. The minimum atomic E-state index is -4.58. The summed E-state index contributed by atoms with van der Waals surface area (Å²) in [5.74, 6) is -1.88. The molecule has 1 aliphatic carbocycles. The summed E-state index contributed by atoms with van der Waals surface area (Å²) in [5.41, 5.74) is 6.08. The number of rotatable bonds is 10.